The summed E-state index contributed by atoms with van der Waals surface area (Å²) >= 11 is 0. The van der Waals surface area contributed by atoms with Crippen LogP contribution in [0.5, 0.6) is 0 Å². The van der Waals surface area contributed by atoms with E-state index in [1.165, 1.54) is 0 Å². The van der Waals surface area contributed by atoms with Gasteiger partial charge in [-0.2, -0.15) is 0 Å². The average molecular weight is 388 g/mol. The molecule has 2 aliphatic carbocycles. The molecule has 0 radical (unpaired) electrons. The van der Waals surface area contributed by atoms with E-state index >= 15 is 0 Å². The molecule has 0 saturated heterocycles. The molecule has 6 rings (SSSR count). The van der Waals surface area contributed by atoms with Gasteiger partial charge in [-0.25, -0.2) is 0 Å². The van der Waals surface area contributed by atoms with E-state index in [9.17, 15) is 4.79 Å². The summed E-state index contributed by atoms with van der Waals surface area (Å²) in [4.78, 5) is 13.3. The predicted molar refractivity (Wildman–Crippen MR) is 118 cm³/mol. The standard InChI is InChI=1S/C28H20O2/c1-30-28(25-16-8-4-12-21(25)22-13-5-9-17-26(22)28)27(18-29)23-14-6-2-10-19(23)20-11-3-7-15-24(20)27/h2-18H,1H3. The summed E-state index contributed by atoms with van der Waals surface area (Å²) in [5.74, 6) is 0. The fourth-order valence-corrected chi connectivity index (χ4v) is 5.86. The Morgan fingerprint density at radius 2 is 0.900 bits per heavy atom. The SMILES string of the molecule is COC1(C2(C=O)c3ccccc3-c3ccccc32)c2ccccc2-c2ccccc21. The first-order valence-electron chi connectivity index (χ1n) is 10.2. The quantitative estimate of drug-likeness (QED) is 0.420. The zero-order chi connectivity index (χ0) is 20.3. The Labute approximate surface area is 175 Å². The van der Waals surface area contributed by atoms with E-state index in [1.54, 1.807) is 7.11 Å². The predicted octanol–water partition coefficient (Wildman–Crippen LogP) is 5.72. The van der Waals surface area contributed by atoms with Crippen LogP contribution in [0.25, 0.3) is 22.3 Å². The zero-order valence-corrected chi connectivity index (χ0v) is 16.6. The Morgan fingerprint density at radius 3 is 1.27 bits per heavy atom. The Bertz CT molecular complexity index is 1230. The molecule has 0 unspecified atom stereocenters. The van der Waals surface area contributed by atoms with Gasteiger partial charge in [0.05, 0.1) is 0 Å². The van der Waals surface area contributed by atoms with E-state index < -0.39 is 11.0 Å². The van der Waals surface area contributed by atoms with Gasteiger partial charge in [0.25, 0.3) is 0 Å². The number of ether oxygens (including phenoxy) is 1. The van der Waals surface area contributed by atoms with Gasteiger partial charge < -0.3 is 9.53 Å². The molecule has 4 aromatic carbocycles. The van der Waals surface area contributed by atoms with Gasteiger partial charge in [0.1, 0.15) is 17.3 Å². The summed E-state index contributed by atoms with van der Waals surface area (Å²) < 4.78 is 6.51. The Hall–Kier alpha value is -3.49. The molecule has 0 aliphatic heterocycles. The molecule has 2 aliphatic rings. The van der Waals surface area contributed by atoms with E-state index in [0.29, 0.717) is 0 Å². The Morgan fingerprint density at radius 1 is 0.567 bits per heavy atom. The van der Waals surface area contributed by atoms with E-state index in [1.807, 2.05) is 48.5 Å². The smallest absolute Gasteiger partial charge is 0.139 e. The van der Waals surface area contributed by atoms with E-state index in [4.69, 9.17) is 4.74 Å². The highest BCUT2D eigenvalue weighted by molar-refractivity contribution is 5.97. The highest BCUT2D eigenvalue weighted by Crippen LogP contribution is 2.64. The average Bonchev–Trinajstić information content (AvgIpc) is 3.28. The minimum Gasteiger partial charge on any atom is -0.367 e. The van der Waals surface area contributed by atoms with Crippen LogP contribution in [0.15, 0.2) is 97.1 Å². The lowest BCUT2D eigenvalue weighted by Crippen LogP contribution is -2.51. The molecule has 0 atom stereocenters. The molecule has 2 heteroatoms. The van der Waals surface area contributed by atoms with Crippen LogP contribution in [0.1, 0.15) is 22.3 Å². The number of aldehydes is 1. The highest BCUT2D eigenvalue weighted by atomic mass is 16.5. The van der Waals surface area contributed by atoms with Crippen LogP contribution in [-0.2, 0) is 20.5 Å². The number of fused-ring (bicyclic) bond motifs is 6. The van der Waals surface area contributed by atoms with Gasteiger partial charge in [0, 0.05) is 7.11 Å². The number of benzene rings is 4. The van der Waals surface area contributed by atoms with Crippen LogP contribution in [0.2, 0.25) is 0 Å². The first-order chi connectivity index (χ1) is 14.8. The molecule has 4 aromatic rings. The largest absolute Gasteiger partial charge is 0.367 e. The van der Waals surface area contributed by atoms with Crippen molar-refractivity contribution in [2.45, 2.75) is 11.0 Å². The molecule has 144 valence electrons. The molecule has 2 nitrogen and oxygen atoms in total. The maximum absolute atomic E-state index is 13.3. The third kappa shape index (κ3) is 1.77. The fourth-order valence-electron chi connectivity index (χ4n) is 5.86. The molecule has 0 spiro atoms. The van der Waals surface area contributed by atoms with E-state index in [2.05, 4.69) is 48.5 Å². The molecule has 0 N–H and O–H groups in total. The molecule has 0 amide bonds. The van der Waals surface area contributed by atoms with Gasteiger partial charge in [-0.05, 0) is 44.5 Å². The number of hydrogen-bond acceptors (Lipinski definition) is 2. The second-order valence-corrected chi connectivity index (χ2v) is 7.99. The van der Waals surface area contributed by atoms with Gasteiger partial charge in [-0.3, -0.25) is 0 Å². The second-order valence-electron chi connectivity index (χ2n) is 7.99. The van der Waals surface area contributed by atoms with Crippen molar-refractivity contribution in [1.82, 2.24) is 0 Å². The lowest BCUT2D eigenvalue weighted by Gasteiger charge is -2.44. The van der Waals surface area contributed by atoms with Crippen molar-refractivity contribution in [3.63, 3.8) is 0 Å². The van der Waals surface area contributed by atoms with Crippen molar-refractivity contribution < 1.29 is 9.53 Å². The summed E-state index contributed by atoms with van der Waals surface area (Å²) in [6.45, 7) is 0. The van der Waals surface area contributed by atoms with Crippen molar-refractivity contribution in [3.8, 4) is 22.3 Å². The van der Waals surface area contributed by atoms with Gasteiger partial charge >= 0.3 is 0 Å². The summed E-state index contributed by atoms with van der Waals surface area (Å²) in [5.41, 5.74) is 6.55. The number of methoxy groups -OCH3 is 1. The van der Waals surface area contributed by atoms with Crippen molar-refractivity contribution in [3.05, 3.63) is 119 Å². The Balaban J connectivity index is 1.84. The monoisotopic (exact) mass is 388 g/mol. The number of rotatable bonds is 3. The van der Waals surface area contributed by atoms with Crippen molar-refractivity contribution in [1.29, 1.82) is 0 Å². The van der Waals surface area contributed by atoms with Gasteiger partial charge in [0.2, 0.25) is 0 Å². The second kappa shape index (κ2) is 6.01. The molecule has 30 heavy (non-hydrogen) atoms. The minimum atomic E-state index is -0.988. The summed E-state index contributed by atoms with van der Waals surface area (Å²) in [6, 6.07) is 33.1. The molecule has 0 aromatic heterocycles. The Kier molecular flexibility index (Phi) is 3.48. The summed E-state index contributed by atoms with van der Waals surface area (Å²) in [7, 11) is 1.73. The molecule has 0 saturated carbocycles. The first kappa shape index (κ1) is 17.4. The van der Waals surface area contributed by atoms with Crippen LogP contribution in [0, 0.1) is 0 Å². The van der Waals surface area contributed by atoms with E-state index in [-0.39, 0.29) is 0 Å². The topological polar surface area (TPSA) is 26.3 Å². The summed E-state index contributed by atoms with van der Waals surface area (Å²) in [5, 5.41) is 0. The molecule has 0 fully saturated rings. The third-order valence-corrected chi connectivity index (χ3v) is 6.94. The van der Waals surface area contributed by atoms with Crippen molar-refractivity contribution in [2.75, 3.05) is 7.11 Å². The first-order valence-corrected chi connectivity index (χ1v) is 10.2. The van der Waals surface area contributed by atoms with Gasteiger partial charge in [-0.15, -0.1) is 0 Å². The summed E-state index contributed by atoms with van der Waals surface area (Å²) in [6.07, 6.45) is 1.11. The lowest BCUT2D eigenvalue weighted by molar-refractivity contribution is -0.121. The fraction of sp³-hybridized carbons (Fsp3) is 0.107. The van der Waals surface area contributed by atoms with Crippen LogP contribution in [-0.4, -0.2) is 13.4 Å². The van der Waals surface area contributed by atoms with Crippen molar-refractivity contribution in [2.24, 2.45) is 0 Å². The van der Waals surface area contributed by atoms with Crippen LogP contribution < -0.4 is 0 Å². The van der Waals surface area contributed by atoms with E-state index in [0.717, 1.165) is 50.8 Å². The highest BCUT2D eigenvalue weighted by Gasteiger charge is 2.63. The maximum atomic E-state index is 13.3. The van der Waals surface area contributed by atoms with Crippen LogP contribution in [0.4, 0.5) is 0 Å². The third-order valence-electron chi connectivity index (χ3n) is 6.94. The van der Waals surface area contributed by atoms with Gasteiger partial charge in [0.15, 0.2) is 0 Å². The molecule has 0 bridgehead atoms. The maximum Gasteiger partial charge on any atom is 0.139 e. The van der Waals surface area contributed by atoms with Crippen molar-refractivity contribution >= 4 is 6.29 Å². The number of hydrogen-bond donors (Lipinski definition) is 0. The number of carbonyl (C=O) groups is 1. The normalized spacial score (nSPS) is 16.3. The van der Waals surface area contributed by atoms with Crippen LogP contribution in [0.3, 0.4) is 0 Å². The zero-order valence-electron chi connectivity index (χ0n) is 16.6. The molecular formula is C28H20O2. The lowest BCUT2D eigenvalue weighted by atomic mass is 9.62. The molecule has 0 heterocycles. The van der Waals surface area contributed by atoms with Crippen LogP contribution >= 0.6 is 0 Å². The minimum absolute atomic E-state index is 0.954. The van der Waals surface area contributed by atoms with Gasteiger partial charge in [-0.1, -0.05) is 97.1 Å². The number of carbonyl (C=O) groups excluding carboxylic acids is 1. The molecular weight excluding hydrogens is 368 g/mol.